The van der Waals surface area contributed by atoms with E-state index in [4.69, 9.17) is 14.2 Å². The molecule has 144 valence electrons. The summed E-state index contributed by atoms with van der Waals surface area (Å²) in [6.07, 6.45) is 0.929. The first-order valence-corrected chi connectivity index (χ1v) is 8.98. The molecular formula is C22H27NO4. The van der Waals surface area contributed by atoms with Crippen molar-refractivity contribution >= 4 is 5.91 Å². The van der Waals surface area contributed by atoms with E-state index in [1.165, 1.54) is 0 Å². The van der Waals surface area contributed by atoms with E-state index in [1.54, 1.807) is 31.4 Å². The van der Waals surface area contributed by atoms with E-state index in [-0.39, 0.29) is 5.91 Å². The van der Waals surface area contributed by atoms with Crippen LogP contribution in [-0.2, 0) is 6.54 Å². The average Bonchev–Trinajstić information content (AvgIpc) is 2.69. The Bertz CT molecular complexity index is 768. The number of hydrogen-bond donors (Lipinski definition) is 1. The summed E-state index contributed by atoms with van der Waals surface area (Å²) in [5.41, 5.74) is 2.45. The van der Waals surface area contributed by atoms with Gasteiger partial charge in [0, 0.05) is 12.1 Å². The summed E-state index contributed by atoms with van der Waals surface area (Å²) in [6, 6.07) is 12.7. The summed E-state index contributed by atoms with van der Waals surface area (Å²) in [5.74, 6) is 1.93. The van der Waals surface area contributed by atoms with Gasteiger partial charge in [0.1, 0.15) is 12.4 Å². The number of rotatable bonds is 10. The van der Waals surface area contributed by atoms with Crippen molar-refractivity contribution in [2.45, 2.75) is 26.8 Å². The average molecular weight is 369 g/mol. The maximum absolute atomic E-state index is 12.3. The molecule has 5 heteroatoms. The summed E-state index contributed by atoms with van der Waals surface area (Å²) in [7, 11) is 1.61. The van der Waals surface area contributed by atoms with Gasteiger partial charge in [0.2, 0.25) is 0 Å². The van der Waals surface area contributed by atoms with E-state index in [1.807, 2.05) is 25.1 Å². The maximum Gasteiger partial charge on any atom is 0.251 e. The standard InChI is InChI=1S/C22H27NO4/c1-5-12-26-20-11-6-17(13-21(20)25-4)14-23-22(24)18-7-9-19(10-8-18)27-15-16(2)3/h6-11,13H,2,5,12,14-15H2,1,3-4H3,(H,23,24). The number of amides is 1. The second kappa shape index (κ2) is 10.3. The molecule has 0 aliphatic heterocycles. The number of benzene rings is 2. The first-order chi connectivity index (χ1) is 13.0. The van der Waals surface area contributed by atoms with Gasteiger partial charge in [0.25, 0.3) is 5.91 Å². The van der Waals surface area contributed by atoms with Gasteiger partial charge < -0.3 is 19.5 Å². The summed E-state index contributed by atoms with van der Waals surface area (Å²) >= 11 is 0. The number of methoxy groups -OCH3 is 1. The van der Waals surface area contributed by atoms with Crippen LogP contribution in [0, 0.1) is 0 Å². The minimum atomic E-state index is -0.147. The molecule has 2 rings (SSSR count). The Balaban J connectivity index is 1.93. The minimum Gasteiger partial charge on any atom is -0.493 e. The van der Waals surface area contributed by atoms with Gasteiger partial charge in [-0.15, -0.1) is 0 Å². The molecule has 0 atom stereocenters. The number of hydrogen-bond acceptors (Lipinski definition) is 4. The highest BCUT2D eigenvalue weighted by Crippen LogP contribution is 2.28. The Labute approximate surface area is 161 Å². The first-order valence-electron chi connectivity index (χ1n) is 8.98. The molecule has 5 nitrogen and oxygen atoms in total. The molecule has 0 spiro atoms. The molecule has 0 radical (unpaired) electrons. The molecule has 0 unspecified atom stereocenters. The van der Waals surface area contributed by atoms with Gasteiger partial charge in [-0.05, 0) is 60.9 Å². The predicted molar refractivity (Wildman–Crippen MR) is 107 cm³/mol. The topological polar surface area (TPSA) is 56.8 Å². The second-order valence-electron chi connectivity index (χ2n) is 6.29. The number of ether oxygens (including phenoxy) is 3. The predicted octanol–water partition coefficient (Wildman–Crippen LogP) is 4.37. The van der Waals surface area contributed by atoms with Crippen LogP contribution in [-0.4, -0.2) is 26.2 Å². The van der Waals surface area contributed by atoms with Crippen LogP contribution in [0.1, 0.15) is 36.2 Å². The van der Waals surface area contributed by atoms with E-state index in [2.05, 4.69) is 18.8 Å². The lowest BCUT2D eigenvalue weighted by Gasteiger charge is -2.12. The van der Waals surface area contributed by atoms with Gasteiger partial charge in [-0.1, -0.05) is 19.6 Å². The summed E-state index contributed by atoms with van der Waals surface area (Å²) in [6.45, 7) is 9.25. The summed E-state index contributed by atoms with van der Waals surface area (Å²) in [5, 5.41) is 2.91. The van der Waals surface area contributed by atoms with E-state index in [0.717, 1.165) is 17.6 Å². The van der Waals surface area contributed by atoms with Gasteiger partial charge in [-0.3, -0.25) is 4.79 Å². The summed E-state index contributed by atoms with van der Waals surface area (Å²) < 4.78 is 16.6. The van der Waals surface area contributed by atoms with Crippen molar-refractivity contribution < 1.29 is 19.0 Å². The Morgan fingerprint density at radius 1 is 1.07 bits per heavy atom. The zero-order chi connectivity index (χ0) is 19.6. The van der Waals surface area contributed by atoms with Crippen LogP contribution < -0.4 is 19.5 Å². The third kappa shape index (κ3) is 6.37. The number of carbonyl (C=O) groups excluding carboxylic acids is 1. The Morgan fingerprint density at radius 2 is 1.81 bits per heavy atom. The van der Waals surface area contributed by atoms with Crippen molar-refractivity contribution in [2.24, 2.45) is 0 Å². The molecule has 0 aliphatic rings. The molecule has 0 saturated heterocycles. The SMILES string of the molecule is C=C(C)COc1ccc(C(=O)NCc2ccc(OCCC)c(OC)c2)cc1. The van der Waals surface area contributed by atoms with Crippen LogP contribution in [0.5, 0.6) is 17.2 Å². The van der Waals surface area contributed by atoms with E-state index >= 15 is 0 Å². The van der Waals surface area contributed by atoms with E-state index < -0.39 is 0 Å². The van der Waals surface area contributed by atoms with Crippen LogP contribution in [0.3, 0.4) is 0 Å². The number of nitrogens with one attached hydrogen (secondary N) is 1. The zero-order valence-electron chi connectivity index (χ0n) is 16.2. The largest absolute Gasteiger partial charge is 0.493 e. The van der Waals surface area contributed by atoms with Crippen LogP contribution in [0.15, 0.2) is 54.6 Å². The van der Waals surface area contributed by atoms with Crippen molar-refractivity contribution in [3.63, 3.8) is 0 Å². The van der Waals surface area contributed by atoms with Crippen molar-refractivity contribution in [3.8, 4) is 17.2 Å². The highest BCUT2D eigenvalue weighted by Gasteiger charge is 2.09. The van der Waals surface area contributed by atoms with Crippen molar-refractivity contribution in [2.75, 3.05) is 20.3 Å². The van der Waals surface area contributed by atoms with Crippen molar-refractivity contribution in [3.05, 3.63) is 65.7 Å². The second-order valence-corrected chi connectivity index (χ2v) is 6.29. The monoisotopic (exact) mass is 369 g/mol. The Hall–Kier alpha value is -2.95. The zero-order valence-corrected chi connectivity index (χ0v) is 16.2. The molecule has 27 heavy (non-hydrogen) atoms. The fraction of sp³-hybridized carbons (Fsp3) is 0.318. The Kier molecular flexibility index (Phi) is 7.74. The maximum atomic E-state index is 12.3. The number of carbonyl (C=O) groups is 1. The van der Waals surface area contributed by atoms with Crippen LogP contribution >= 0.6 is 0 Å². The lowest BCUT2D eigenvalue weighted by Crippen LogP contribution is -2.22. The third-order valence-corrected chi connectivity index (χ3v) is 3.74. The summed E-state index contributed by atoms with van der Waals surface area (Å²) in [4.78, 5) is 12.3. The van der Waals surface area contributed by atoms with Crippen molar-refractivity contribution in [1.82, 2.24) is 5.32 Å². The smallest absolute Gasteiger partial charge is 0.251 e. The molecule has 1 amide bonds. The van der Waals surface area contributed by atoms with Crippen LogP contribution in [0.4, 0.5) is 0 Å². The molecule has 0 heterocycles. The van der Waals surface area contributed by atoms with Crippen LogP contribution in [0.25, 0.3) is 0 Å². The lowest BCUT2D eigenvalue weighted by molar-refractivity contribution is 0.0951. The lowest BCUT2D eigenvalue weighted by atomic mass is 10.1. The van der Waals surface area contributed by atoms with Gasteiger partial charge in [0.15, 0.2) is 11.5 Å². The van der Waals surface area contributed by atoms with Crippen LogP contribution in [0.2, 0.25) is 0 Å². The normalized spacial score (nSPS) is 10.2. The molecule has 0 fully saturated rings. The molecular weight excluding hydrogens is 342 g/mol. The molecule has 1 N–H and O–H groups in total. The van der Waals surface area contributed by atoms with E-state index in [9.17, 15) is 4.79 Å². The highest BCUT2D eigenvalue weighted by molar-refractivity contribution is 5.94. The van der Waals surface area contributed by atoms with Gasteiger partial charge in [-0.25, -0.2) is 0 Å². The molecule has 0 bridgehead atoms. The third-order valence-electron chi connectivity index (χ3n) is 3.74. The molecule has 0 aromatic heterocycles. The van der Waals surface area contributed by atoms with E-state index in [0.29, 0.717) is 42.6 Å². The molecule has 0 aliphatic carbocycles. The van der Waals surface area contributed by atoms with Crippen molar-refractivity contribution in [1.29, 1.82) is 0 Å². The van der Waals surface area contributed by atoms with Gasteiger partial charge in [0.05, 0.1) is 13.7 Å². The quantitative estimate of drug-likeness (QED) is 0.632. The minimum absolute atomic E-state index is 0.147. The fourth-order valence-electron chi connectivity index (χ4n) is 2.35. The molecule has 0 saturated carbocycles. The van der Waals surface area contributed by atoms with Gasteiger partial charge >= 0.3 is 0 Å². The molecule has 2 aromatic rings. The molecule has 2 aromatic carbocycles. The Morgan fingerprint density at radius 3 is 2.44 bits per heavy atom. The first kappa shape index (κ1) is 20.4. The highest BCUT2D eigenvalue weighted by atomic mass is 16.5. The fourth-order valence-corrected chi connectivity index (χ4v) is 2.35. The van der Waals surface area contributed by atoms with Gasteiger partial charge in [-0.2, -0.15) is 0 Å².